The van der Waals surface area contributed by atoms with Crippen LogP contribution in [0.5, 0.6) is 0 Å². The van der Waals surface area contributed by atoms with Gasteiger partial charge in [-0.1, -0.05) is 17.7 Å². The molecule has 0 aliphatic heterocycles. The van der Waals surface area contributed by atoms with Gasteiger partial charge in [-0.3, -0.25) is 9.59 Å². The number of carbonyl (C=O) groups excluding carboxylic acids is 3. The minimum atomic E-state index is -4.55. The molecule has 0 heterocycles. The zero-order valence-corrected chi connectivity index (χ0v) is 15.7. The monoisotopic (exact) mass is 406 g/mol. The fourth-order valence-electron chi connectivity index (χ4n) is 2.00. The minimum Gasteiger partial charge on any atom is -0.454 e. The van der Waals surface area contributed by atoms with Gasteiger partial charge in [0.15, 0.2) is 6.61 Å². The third-order valence-electron chi connectivity index (χ3n) is 3.31. The average molecular weight is 406 g/mol. The van der Waals surface area contributed by atoms with Crippen molar-refractivity contribution in [2.75, 3.05) is 25.2 Å². The van der Waals surface area contributed by atoms with Crippen molar-refractivity contribution in [2.45, 2.75) is 25.6 Å². The molecule has 1 aromatic carbocycles. The lowest BCUT2D eigenvalue weighted by Crippen LogP contribution is -2.44. The third kappa shape index (κ3) is 9.32. The van der Waals surface area contributed by atoms with Crippen molar-refractivity contribution in [3.63, 3.8) is 0 Å². The number of esters is 1. The number of nitrogens with one attached hydrogen (secondary N) is 2. The molecule has 1 rings (SSSR count). The number of hydrogen-bond donors (Lipinski definition) is 2. The molecule has 1 atom stereocenters. The third-order valence-corrected chi connectivity index (χ3v) is 3.96. The van der Waals surface area contributed by atoms with E-state index in [9.17, 15) is 27.6 Å². The number of rotatable bonds is 9. The maximum atomic E-state index is 12.3. The summed E-state index contributed by atoms with van der Waals surface area (Å²) in [6.45, 7) is -0.551. The fraction of sp³-hybridized carbons (Fsp3) is 0.471. The molecule has 0 aromatic heterocycles. The first-order valence-electron chi connectivity index (χ1n) is 7.99. The lowest BCUT2D eigenvalue weighted by molar-refractivity contribution is -0.152. The van der Waals surface area contributed by atoms with Crippen molar-refractivity contribution in [1.29, 1.82) is 0 Å². The lowest BCUT2D eigenvalue weighted by Gasteiger charge is -2.17. The number of aryl methyl sites for hydroxylation is 1. The molecule has 0 fully saturated rings. The predicted octanol–water partition coefficient (Wildman–Crippen LogP) is 2.07. The van der Waals surface area contributed by atoms with Crippen LogP contribution in [0.15, 0.2) is 24.3 Å². The molecule has 0 saturated carbocycles. The summed E-state index contributed by atoms with van der Waals surface area (Å²) in [5.41, 5.74) is 1.23. The molecule has 0 radical (unpaired) electrons. The zero-order chi connectivity index (χ0) is 20.4. The summed E-state index contributed by atoms with van der Waals surface area (Å²) in [6.07, 6.45) is -2.49. The van der Waals surface area contributed by atoms with Gasteiger partial charge >= 0.3 is 12.1 Å². The molecule has 0 aliphatic rings. The van der Waals surface area contributed by atoms with E-state index in [1.807, 2.05) is 19.2 Å². The van der Waals surface area contributed by atoms with E-state index in [4.69, 9.17) is 4.74 Å². The number of amides is 2. The summed E-state index contributed by atoms with van der Waals surface area (Å²) in [4.78, 5) is 35.8. The van der Waals surface area contributed by atoms with Crippen molar-refractivity contribution < 1.29 is 32.3 Å². The standard InChI is InChI=1S/C17H21F3N2O4S/c1-11-4-3-5-12(8-11)15(24)22-13(6-7-27-2)16(25)26-9-14(23)21-10-17(18,19)20/h3-5,8,13H,6-7,9-10H2,1-2H3,(H,21,23)(H,22,24)/t13-/m0/s1. The van der Waals surface area contributed by atoms with Gasteiger partial charge in [-0.15, -0.1) is 0 Å². The molecule has 0 saturated heterocycles. The second kappa shape index (κ2) is 10.8. The molecular weight excluding hydrogens is 385 g/mol. The molecule has 1 aromatic rings. The Bertz CT molecular complexity index is 668. The van der Waals surface area contributed by atoms with Crippen LogP contribution in [-0.4, -0.2) is 55.2 Å². The highest BCUT2D eigenvalue weighted by molar-refractivity contribution is 7.98. The molecule has 6 nitrogen and oxygen atoms in total. The van der Waals surface area contributed by atoms with E-state index in [1.165, 1.54) is 11.8 Å². The second-order valence-corrected chi connectivity index (χ2v) is 6.66. The van der Waals surface area contributed by atoms with Crippen LogP contribution >= 0.6 is 11.8 Å². The van der Waals surface area contributed by atoms with E-state index >= 15 is 0 Å². The van der Waals surface area contributed by atoms with Gasteiger partial charge in [0.25, 0.3) is 11.8 Å². The molecule has 0 aliphatic carbocycles. The normalized spacial score (nSPS) is 12.2. The van der Waals surface area contributed by atoms with Gasteiger partial charge in [-0.25, -0.2) is 4.79 Å². The van der Waals surface area contributed by atoms with Crippen LogP contribution in [0.3, 0.4) is 0 Å². The summed E-state index contributed by atoms with van der Waals surface area (Å²) < 4.78 is 40.9. The number of halogens is 3. The summed E-state index contributed by atoms with van der Waals surface area (Å²) in [6, 6.07) is 5.74. The van der Waals surface area contributed by atoms with Gasteiger partial charge in [0.05, 0.1) is 0 Å². The molecular formula is C17H21F3N2O4S. The van der Waals surface area contributed by atoms with Crippen LogP contribution in [-0.2, 0) is 14.3 Å². The molecule has 150 valence electrons. The average Bonchev–Trinajstić information content (AvgIpc) is 2.60. The number of benzene rings is 1. The molecule has 0 unspecified atom stereocenters. The Labute approximate surface area is 159 Å². The van der Waals surface area contributed by atoms with Crippen molar-refractivity contribution in [1.82, 2.24) is 10.6 Å². The predicted molar refractivity (Wildman–Crippen MR) is 95.5 cm³/mol. The smallest absolute Gasteiger partial charge is 0.405 e. The Balaban J connectivity index is 2.62. The summed E-state index contributed by atoms with van der Waals surface area (Å²) in [7, 11) is 0. The first-order chi connectivity index (χ1) is 12.6. The van der Waals surface area contributed by atoms with Gasteiger partial charge in [-0.05, 0) is 37.5 Å². The van der Waals surface area contributed by atoms with Gasteiger partial charge in [0, 0.05) is 5.56 Å². The van der Waals surface area contributed by atoms with Crippen LogP contribution < -0.4 is 10.6 Å². The van der Waals surface area contributed by atoms with E-state index in [0.29, 0.717) is 11.3 Å². The van der Waals surface area contributed by atoms with E-state index in [1.54, 1.807) is 23.5 Å². The van der Waals surface area contributed by atoms with Gasteiger partial charge in [-0.2, -0.15) is 24.9 Å². The van der Waals surface area contributed by atoms with Crippen molar-refractivity contribution in [2.24, 2.45) is 0 Å². The first kappa shape index (κ1) is 22.8. The molecule has 2 N–H and O–H groups in total. The van der Waals surface area contributed by atoms with E-state index in [0.717, 1.165) is 5.56 Å². The van der Waals surface area contributed by atoms with Crippen molar-refractivity contribution in [3.05, 3.63) is 35.4 Å². The molecule has 0 bridgehead atoms. The molecule has 10 heteroatoms. The highest BCUT2D eigenvalue weighted by Crippen LogP contribution is 2.12. The maximum absolute atomic E-state index is 12.3. The fourth-order valence-corrected chi connectivity index (χ4v) is 2.47. The SMILES string of the molecule is CSCC[C@H](NC(=O)c1cccc(C)c1)C(=O)OCC(=O)NCC(F)(F)F. The maximum Gasteiger partial charge on any atom is 0.405 e. The zero-order valence-electron chi connectivity index (χ0n) is 14.9. The topological polar surface area (TPSA) is 84.5 Å². The Morgan fingerprint density at radius 2 is 1.96 bits per heavy atom. The largest absolute Gasteiger partial charge is 0.454 e. The first-order valence-corrected chi connectivity index (χ1v) is 9.38. The Hall–Kier alpha value is -2.23. The summed E-state index contributed by atoms with van der Waals surface area (Å²) in [5.74, 6) is -1.90. The van der Waals surface area contributed by atoms with Crippen LogP contribution in [0.1, 0.15) is 22.3 Å². The Morgan fingerprint density at radius 1 is 1.26 bits per heavy atom. The number of thioether (sulfide) groups is 1. The minimum absolute atomic E-state index is 0.252. The highest BCUT2D eigenvalue weighted by atomic mass is 32.2. The van der Waals surface area contributed by atoms with Gasteiger partial charge < -0.3 is 15.4 Å². The van der Waals surface area contributed by atoms with Crippen LogP contribution in [0.4, 0.5) is 13.2 Å². The highest BCUT2D eigenvalue weighted by Gasteiger charge is 2.28. The number of carbonyl (C=O) groups is 3. The summed E-state index contributed by atoms with van der Waals surface area (Å²) >= 11 is 1.44. The van der Waals surface area contributed by atoms with Gasteiger partial charge in [0.1, 0.15) is 12.6 Å². The second-order valence-electron chi connectivity index (χ2n) is 5.68. The number of ether oxygens (including phenoxy) is 1. The molecule has 27 heavy (non-hydrogen) atoms. The lowest BCUT2D eigenvalue weighted by atomic mass is 10.1. The van der Waals surface area contributed by atoms with E-state index < -0.39 is 43.2 Å². The quantitative estimate of drug-likeness (QED) is 0.614. The van der Waals surface area contributed by atoms with E-state index in [-0.39, 0.29) is 6.42 Å². The molecule has 0 spiro atoms. The van der Waals surface area contributed by atoms with Crippen LogP contribution in [0.2, 0.25) is 0 Å². The number of alkyl halides is 3. The van der Waals surface area contributed by atoms with E-state index in [2.05, 4.69) is 5.32 Å². The Morgan fingerprint density at radius 3 is 2.56 bits per heavy atom. The van der Waals surface area contributed by atoms with Gasteiger partial charge in [0.2, 0.25) is 0 Å². The summed E-state index contributed by atoms with van der Waals surface area (Å²) in [5, 5.41) is 4.14. The van der Waals surface area contributed by atoms with Crippen LogP contribution in [0, 0.1) is 6.92 Å². The number of hydrogen-bond acceptors (Lipinski definition) is 5. The van der Waals surface area contributed by atoms with Crippen LogP contribution in [0.25, 0.3) is 0 Å². The Kier molecular flexibility index (Phi) is 9.13. The van der Waals surface area contributed by atoms with Crippen molar-refractivity contribution in [3.8, 4) is 0 Å². The molecule has 2 amide bonds. The van der Waals surface area contributed by atoms with Crippen molar-refractivity contribution >= 4 is 29.5 Å².